The molecule has 196 valence electrons. The fourth-order valence-corrected chi connectivity index (χ4v) is 6.11. The van der Waals surface area contributed by atoms with Gasteiger partial charge in [0.25, 0.3) is 0 Å². The molecule has 1 N–H and O–H groups in total. The molecule has 37 heavy (non-hydrogen) atoms. The number of nitrogens with zero attached hydrogens (tertiary/aromatic N) is 2. The Bertz CT molecular complexity index is 1190. The minimum atomic E-state index is -1.34. The number of carbonyl (C=O) groups is 3. The van der Waals surface area contributed by atoms with E-state index in [1.165, 1.54) is 11.0 Å². The number of hydrogen-bond donors (Lipinski definition) is 1. The maximum Gasteiger partial charge on any atom is 0.250 e. The molecule has 2 heterocycles. The molecule has 2 aromatic carbocycles. The van der Waals surface area contributed by atoms with E-state index in [2.05, 4.69) is 5.32 Å². The topological polar surface area (TPSA) is 69.7 Å². The third kappa shape index (κ3) is 4.86. The van der Waals surface area contributed by atoms with Gasteiger partial charge in [-0.15, -0.1) is 0 Å². The number of benzene rings is 2. The number of hydrogen-bond acceptors (Lipinski definition) is 3. The molecule has 3 unspecified atom stereocenters. The van der Waals surface area contributed by atoms with Crippen LogP contribution in [0.3, 0.4) is 0 Å². The van der Waals surface area contributed by atoms with Crippen LogP contribution in [-0.4, -0.2) is 52.7 Å². The number of piperazine rings is 1. The molecule has 2 aromatic rings. The van der Waals surface area contributed by atoms with Gasteiger partial charge >= 0.3 is 0 Å². The molecule has 0 radical (unpaired) electrons. The van der Waals surface area contributed by atoms with Crippen LogP contribution in [-0.2, 0) is 27.2 Å². The zero-order valence-corrected chi connectivity index (χ0v) is 21.3. The Morgan fingerprint density at radius 2 is 1.68 bits per heavy atom. The van der Waals surface area contributed by atoms with Gasteiger partial charge in [-0.2, -0.15) is 0 Å². The van der Waals surface area contributed by atoms with E-state index in [1.807, 2.05) is 38.1 Å². The van der Waals surface area contributed by atoms with Gasteiger partial charge < -0.3 is 15.1 Å². The van der Waals surface area contributed by atoms with Crippen molar-refractivity contribution in [3.05, 3.63) is 70.8 Å². The van der Waals surface area contributed by atoms with Gasteiger partial charge in [-0.1, -0.05) is 44.2 Å². The molecule has 2 aliphatic heterocycles. The lowest BCUT2D eigenvalue weighted by molar-refractivity contribution is -0.160. The molecule has 6 nitrogen and oxygen atoms in total. The first-order valence-corrected chi connectivity index (χ1v) is 13.2. The molecule has 0 spiro atoms. The molecule has 2 fully saturated rings. The Labute approximate surface area is 216 Å². The summed E-state index contributed by atoms with van der Waals surface area (Å²) in [6.45, 7) is 4.88. The number of halogens is 2. The van der Waals surface area contributed by atoms with Crippen LogP contribution in [0.4, 0.5) is 8.78 Å². The van der Waals surface area contributed by atoms with Crippen LogP contribution >= 0.6 is 0 Å². The second kappa shape index (κ2) is 10.2. The van der Waals surface area contributed by atoms with Crippen molar-refractivity contribution >= 4 is 17.7 Å². The lowest BCUT2D eigenvalue weighted by Gasteiger charge is -2.45. The van der Waals surface area contributed by atoms with Crippen LogP contribution in [0.5, 0.6) is 0 Å². The highest BCUT2D eigenvalue weighted by Crippen LogP contribution is 2.37. The summed E-state index contributed by atoms with van der Waals surface area (Å²) in [6, 6.07) is 7.91. The average Bonchev–Trinajstić information content (AvgIpc) is 3.54. The van der Waals surface area contributed by atoms with Crippen LogP contribution in [0.2, 0.25) is 0 Å². The first-order chi connectivity index (χ1) is 17.7. The van der Waals surface area contributed by atoms with Crippen molar-refractivity contribution in [1.82, 2.24) is 15.1 Å². The second-order valence-electron chi connectivity index (χ2n) is 10.9. The van der Waals surface area contributed by atoms with E-state index in [-0.39, 0.29) is 29.2 Å². The summed E-state index contributed by atoms with van der Waals surface area (Å²) in [5.74, 6) is -2.94. The summed E-state index contributed by atoms with van der Waals surface area (Å²) in [6.07, 6.45) is 3.21. The van der Waals surface area contributed by atoms with Gasteiger partial charge in [0.1, 0.15) is 29.8 Å². The van der Waals surface area contributed by atoms with Crippen molar-refractivity contribution < 1.29 is 23.2 Å². The van der Waals surface area contributed by atoms with Crippen molar-refractivity contribution in [2.24, 2.45) is 11.8 Å². The highest BCUT2D eigenvalue weighted by atomic mass is 19.1. The number of carbonyl (C=O) groups excluding carboxylic acids is 3. The smallest absolute Gasteiger partial charge is 0.250 e. The second-order valence-corrected chi connectivity index (χ2v) is 10.9. The van der Waals surface area contributed by atoms with Crippen LogP contribution < -0.4 is 5.32 Å². The molecular formula is C29H33F2N3O3. The Kier molecular flexibility index (Phi) is 7.01. The van der Waals surface area contributed by atoms with E-state index in [1.54, 1.807) is 4.90 Å². The average molecular weight is 510 g/mol. The van der Waals surface area contributed by atoms with E-state index in [0.717, 1.165) is 36.1 Å². The quantitative estimate of drug-likeness (QED) is 0.645. The van der Waals surface area contributed by atoms with Crippen LogP contribution in [0, 0.1) is 23.5 Å². The molecular weight excluding hydrogens is 476 g/mol. The summed E-state index contributed by atoms with van der Waals surface area (Å²) >= 11 is 0. The summed E-state index contributed by atoms with van der Waals surface area (Å²) in [4.78, 5) is 44.7. The molecule has 3 aliphatic rings. The number of amides is 3. The van der Waals surface area contributed by atoms with E-state index in [0.29, 0.717) is 32.4 Å². The molecule has 0 aromatic heterocycles. The van der Waals surface area contributed by atoms with Crippen LogP contribution in [0.25, 0.3) is 0 Å². The third-order valence-electron chi connectivity index (χ3n) is 7.89. The van der Waals surface area contributed by atoms with Crippen molar-refractivity contribution in [3.63, 3.8) is 0 Å². The fraction of sp³-hybridized carbons (Fsp3) is 0.483. The Hall–Kier alpha value is -3.29. The summed E-state index contributed by atoms with van der Waals surface area (Å²) in [7, 11) is 0. The number of rotatable bonds is 6. The first-order valence-electron chi connectivity index (χ1n) is 13.2. The normalized spacial score (nSPS) is 22.9. The SMILES string of the molecule is CC(C)CC1C(=O)NC(C2Cc3ccccc3C2)C(=O)N1C(C(=O)N1CCCC1)c1ccc(F)cc1F. The van der Waals surface area contributed by atoms with Gasteiger partial charge in [0.05, 0.1) is 0 Å². The molecule has 3 amide bonds. The summed E-state index contributed by atoms with van der Waals surface area (Å²) in [5.41, 5.74) is 2.20. The van der Waals surface area contributed by atoms with Crippen molar-refractivity contribution in [3.8, 4) is 0 Å². The number of likely N-dealkylation sites (tertiary alicyclic amines) is 1. The van der Waals surface area contributed by atoms with Gasteiger partial charge in [0.2, 0.25) is 17.7 Å². The Morgan fingerprint density at radius 1 is 1.03 bits per heavy atom. The first kappa shape index (κ1) is 25.4. The molecule has 2 saturated heterocycles. The standard InChI is InChI=1S/C29H33F2N3O3/c1-17(2)13-24-27(35)32-25(20-14-18-7-3-4-8-19(18)15-20)28(36)34(24)26(29(37)33-11-5-6-12-33)22-10-9-21(30)16-23(22)31/h3-4,7-10,16-17,20,24-26H,5-6,11-15H2,1-2H3,(H,32,35). The maximum atomic E-state index is 15.2. The predicted octanol–water partition coefficient (Wildman–Crippen LogP) is 3.79. The highest BCUT2D eigenvalue weighted by Gasteiger charge is 2.50. The molecule has 5 rings (SSSR count). The molecule has 8 heteroatoms. The van der Waals surface area contributed by atoms with Gasteiger partial charge in [0, 0.05) is 24.7 Å². The third-order valence-corrected chi connectivity index (χ3v) is 7.89. The number of fused-ring (bicyclic) bond motifs is 1. The fourth-order valence-electron chi connectivity index (χ4n) is 6.11. The van der Waals surface area contributed by atoms with Gasteiger partial charge in [-0.25, -0.2) is 8.78 Å². The largest absolute Gasteiger partial charge is 0.342 e. The molecule has 0 saturated carbocycles. The predicted molar refractivity (Wildman–Crippen MR) is 134 cm³/mol. The van der Waals surface area contributed by atoms with Crippen LogP contribution in [0.15, 0.2) is 42.5 Å². The van der Waals surface area contributed by atoms with Crippen molar-refractivity contribution in [1.29, 1.82) is 0 Å². The lowest BCUT2D eigenvalue weighted by Crippen LogP contribution is -2.67. The zero-order chi connectivity index (χ0) is 26.3. The number of nitrogens with one attached hydrogen (secondary N) is 1. The Morgan fingerprint density at radius 3 is 2.27 bits per heavy atom. The van der Waals surface area contributed by atoms with E-state index in [9.17, 15) is 18.8 Å². The molecule has 1 aliphatic carbocycles. The van der Waals surface area contributed by atoms with Crippen molar-refractivity contribution in [2.45, 2.75) is 64.1 Å². The van der Waals surface area contributed by atoms with Crippen LogP contribution in [0.1, 0.15) is 55.8 Å². The minimum absolute atomic E-state index is 0.0407. The minimum Gasteiger partial charge on any atom is -0.342 e. The van der Waals surface area contributed by atoms with Gasteiger partial charge in [-0.3, -0.25) is 14.4 Å². The highest BCUT2D eigenvalue weighted by molar-refractivity contribution is 6.00. The van der Waals surface area contributed by atoms with Gasteiger partial charge in [-0.05, 0) is 61.1 Å². The zero-order valence-electron chi connectivity index (χ0n) is 21.3. The summed E-state index contributed by atoms with van der Waals surface area (Å²) in [5, 5.41) is 2.96. The summed E-state index contributed by atoms with van der Waals surface area (Å²) < 4.78 is 29.1. The van der Waals surface area contributed by atoms with E-state index < -0.39 is 35.7 Å². The van der Waals surface area contributed by atoms with Gasteiger partial charge in [0.15, 0.2) is 0 Å². The lowest BCUT2D eigenvalue weighted by atomic mass is 9.87. The van der Waals surface area contributed by atoms with E-state index >= 15 is 4.39 Å². The molecule has 3 atom stereocenters. The molecule has 0 bridgehead atoms. The van der Waals surface area contributed by atoms with Crippen molar-refractivity contribution in [2.75, 3.05) is 13.1 Å². The Balaban J connectivity index is 1.57. The van der Waals surface area contributed by atoms with E-state index in [4.69, 9.17) is 0 Å². The monoisotopic (exact) mass is 509 g/mol. The maximum absolute atomic E-state index is 15.2.